The molecule has 7 nitrogen and oxygen atoms in total. The number of amides is 2. The lowest BCUT2D eigenvalue weighted by Gasteiger charge is -2.03. The number of aromatic nitrogens is 1. The van der Waals surface area contributed by atoms with Crippen molar-refractivity contribution in [3.05, 3.63) is 29.5 Å². The van der Waals surface area contributed by atoms with E-state index < -0.39 is 12.0 Å². The molecule has 0 fully saturated rings. The molecule has 2 amide bonds. The molecular formula is C13H17ClN4O3. The third-order valence-electron chi connectivity index (χ3n) is 3.02. The van der Waals surface area contributed by atoms with E-state index in [-0.39, 0.29) is 18.1 Å². The molecule has 1 aromatic heterocycles. The van der Waals surface area contributed by atoms with E-state index in [1.54, 1.807) is 18.2 Å². The van der Waals surface area contributed by atoms with Crippen LogP contribution in [-0.2, 0) is 6.42 Å². The zero-order valence-corrected chi connectivity index (χ0v) is 12.0. The number of rotatable bonds is 5. The predicted octanol–water partition coefficient (Wildman–Crippen LogP) is 1.67. The van der Waals surface area contributed by atoms with Gasteiger partial charge >= 0.3 is 12.0 Å². The molecule has 1 heterocycles. The van der Waals surface area contributed by atoms with Crippen LogP contribution in [0.25, 0.3) is 10.9 Å². The Labute approximate surface area is 127 Å². The number of anilines is 1. The van der Waals surface area contributed by atoms with Crippen molar-refractivity contribution in [2.75, 3.05) is 11.9 Å². The van der Waals surface area contributed by atoms with Crippen LogP contribution < -0.4 is 16.8 Å². The zero-order chi connectivity index (χ0) is 14.7. The summed E-state index contributed by atoms with van der Waals surface area (Å²) in [6, 6.07) is 4.40. The Kier molecular flexibility index (Phi) is 5.57. The van der Waals surface area contributed by atoms with Gasteiger partial charge in [-0.25, -0.2) is 9.59 Å². The molecule has 0 atom stereocenters. The van der Waals surface area contributed by atoms with Gasteiger partial charge in [0, 0.05) is 16.6 Å². The van der Waals surface area contributed by atoms with E-state index in [2.05, 4.69) is 10.3 Å². The van der Waals surface area contributed by atoms with Crippen molar-refractivity contribution in [2.45, 2.75) is 12.8 Å². The second-order valence-electron chi connectivity index (χ2n) is 4.43. The van der Waals surface area contributed by atoms with Crippen LogP contribution >= 0.6 is 12.4 Å². The van der Waals surface area contributed by atoms with Gasteiger partial charge in [0.15, 0.2) is 0 Å². The first-order valence-electron chi connectivity index (χ1n) is 6.17. The summed E-state index contributed by atoms with van der Waals surface area (Å²) < 4.78 is 0. The SMILES string of the molecule is Cl.NCCCc1c(C(=O)O)[nH]c2ccc(NC(N)=O)cc12. The minimum atomic E-state index is -1.02. The number of urea groups is 1. The number of primary amides is 1. The number of aryl methyl sites for hydroxylation is 1. The number of carboxylic acid groups (broad SMARTS) is 1. The number of carbonyl (C=O) groups is 2. The Bertz CT molecular complexity index is 669. The Morgan fingerprint density at radius 2 is 2.05 bits per heavy atom. The fourth-order valence-electron chi connectivity index (χ4n) is 2.19. The number of halogens is 1. The first-order valence-corrected chi connectivity index (χ1v) is 6.17. The van der Waals surface area contributed by atoms with Crippen molar-refractivity contribution in [1.29, 1.82) is 0 Å². The Hall–Kier alpha value is -2.25. The molecule has 7 N–H and O–H groups in total. The van der Waals surface area contributed by atoms with Crippen molar-refractivity contribution >= 4 is 41.0 Å². The van der Waals surface area contributed by atoms with E-state index in [0.29, 0.717) is 36.2 Å². The molecule has 0 bridgehead atoms. The number of carbonyl (C=O) groups excluding carboxylic acids is 1. The summed E-state index contributed by atoms with van der Waals surface area (Å²) in [7, 11) is 0. The molecule has 2 aromatic rings. The quantitative estimate of drug-likeness (QED) is 0.574. The maximum absolute atomic E-state index is 11.3. The van der Waals surface area contributed by atoms with Gasteiger partial charge < -0.3 is 26.9 Å². The van der Waals surface area contributed by atoms with Crippen LogP contribution in [0.3, 0.4) is 0 Å². The van der Waals surface area contributed by atoms with E-state index in [0.717, 1.165) is 5.39 Å². The van der Waals surface area contributed by atoms with Crippen LogP contribution in [-0.4, -0.2) is 28.6 Å². The Morgan fingerprint density at radius 1 is 1.33 bits per heavy atom. The van der Waals surface area contributed by atoms with Crippen LogP contribution in [0, 0.1) is 0 Å². The summed E-state index contributed by atoms with van der Waals surface area (Å²) in [5.41, 5.74) is 12.6. The second-order valence-corrected chi connectivity index (χ2v) is 4.43. The van der Waals surface area contributed by atoms with Crippen molar-refractivity contribution in [3.63, 3.8) is 0 Å². The number of hydrogen-bond donors (Lipinski definition) is 5. The maximum Gasteiger partial charge on any atom is 0.352 e. The highest BCUT2D eigenvalue weighted by Gasteiger charge is 2.17. The van der Waals surface area contributed by atoms with Gasteiger partial charge in [0.1, 0.15) is 5.69 Å². The van der Waals surface area contributed by atoms with E-state index in [4.69, 9.17) is 11.5 Å². The van der Waals surface area contributed by atoms with Crippen molar-refractivity contribution in [2.24, 2.45) is 11.5 Å². The standard InChI is InChI=1S/C13H16N4O3.ClH/c14-5-1-2-8-9-6-7(16-13(15)20)3-4-10(9)17-11(8)12(18)19;/h3-4,6,17H,1-2,5,14H2,(H,18,19)(H3,15,16,20);1H. The highest BCUT2D eigenvalue weighted by atomic mass is 35.5. The number of carboxylic acids is 1. The fraction of sp³-hybridized carbons (Fsp3) is 0.231. The highest BCUT2D eigenvalue weighted by molar-refractivity contribution is 5.99. The maximum atomic E-state index is 11.3. The summed E-state index contributed by atoms with van der Waals surface area (Å²) in [5.74, 6) is -1.02. The molecule has 21 heavy (non-hydrogen) atoms. The molecule has 0 saturated heterocycles. The van der Waals surface area contributed by atoms with E-state index in [1.165, 1.54) is 0 Å². The molecule has 0 unspecified atom stereocenters. The number of hydrogen-bond acceptors (Lipinski definition) is 3. The zero-order valence-electron chi connectivity index (χ0n) is 11.2. The number of benzene rings is 1. The van der Waals surface area contributed by atoms with Gasteiger partial charge in [-0.3, -0.25) is 0 Å². The fourth-order valence-corrected chi connectivity index (χ4v) is 2.19. The largest absolute Gasteiger partial charge is 0.477 e. The minimum Gasteiger partial charge on any atom is -0.477 e. The molecule has 8 heteroatoms. The van der Waals surface area contributed by atoms with Crippen LogP contribution in [0.15, 0.2) is 18.2 Å². The molecule has 2 rings (SSSR count). The van der Waals surface area contributed by atoms with Crippen LogP contribution in [0.1, 0.15) is 22.5 Å². The summed E-state index contributed by atoms with van der Waals surface area (Å²) in [4.78, 5) is 25.0. The van der Waals surface area contributed by atoms with Crippen LogP contribution in [0.5, 0.6) is 0 Å². The molecule has 1 aromatic carbocycles. The average Bonchev–Trinajstić information content (AvgIpc) is 2.74. The van der Waals surface area contributed by atoms with Crippen molar-refractivity contribution in [1.82, 2.24) is 4.98 Å². The van der Waals surface area contributed by atoms with E-state index in [9.17, 15) is 14.7 Å². The molecular weight excluding hydrogens is 296 g/mol. The van der Waals surface area contributed by atoms with Gasteiger partial charge in [0.25, 0.3) is 0 Å². The Morgan fingerprint density at radius 3 is 2.62 bits per heavy atom. The first kappa shape index (κ1) is 16.8. The number of nitrogens with one attached hydrogen (secondary N) is 2. The highest BCUT2D eigenvalue weighted by Crippen LogP contribution is 2.26. The lowest BCUT2D eigenvalue weighted by Crippen LogP contribution is -2.19. The van der Waals surface area contributed by atoms with Gasteiger partial charge in [-0.05, 0) is 43.1 Å². The Balaban J connectivity index is 0.00000220. The summed E-state index contributed by atoms with van der Waals surface area (Å²) >= 11 is 0. The molecule has 0 aliphatic heterocycles. The summed E-state index contributed by atoms with van der Waals surface area (Å²) in [6.07, 6.45) is 1.23. The minimum absolute atomic E-state index is 0. The molecule has 0 saturated carbocycles. The monoisotopic (exact) mass is 312 g/mol. The number of aromatic carboxylic acids is 1. The number of H-pyrrole nitrogens is 1. The van der Waals surface area contributed by atoms with Gasteiger partial charge in [0.05, 0.1) is 0 Å². The number of aromatic amines is 1. The van der Waals surface area contributed by atoms with E-state index in [1.807, 2.05) is 0 Å². The van der Waals surface area contributed by atoms with Gasteiger partial charge in [-0.1, -0.05) is 0 Å². The third kappa shape index (κ3) is 3.65. The summed E-state index contributed by atoms with van der Waals surface area (Å²) in [6.45, 7) is 0.477. The van der Waals surface area contributed by atoms with Gasteiger partial charge in [-0.2, -0.15) is 0 Å². The van der Waals surface area contributed by atoms with E-state index >= 15 is 0 Å². The predicted molar refractivity (Wildman–Crippen MR) is 83.1 cm³/mol. The average molecular weight is 313 g/mol. The first-order chi connectivity index (χ1) is 9.52. The molecule has 114 valence electrons. The molecule has 0 aliphatic rings. The topological polar surface area (TPSA) is 134 Å². The second kappa shape index (κ2) is 6.96. The lowest BCUT2D eigenvalue weighted by atomic mass is 10.0. The van der Waals surface area contributed by atoms with Crippen LogP contribution in [0.2, 0.25) is 0 Å². The third-order valence-corrected chi connectivity index (χ3v) is 3.02. The summed E-state index contributed by atoms with van der Waals surface area (Å²) in [5, 5.41) is 12.5. The normalized spacial score (nSPS) is 10.1. The van der Waals surface area contributed by atoms with Crippen molar-refractivity contribution < 1.29 is 14.7 Å². The van der Waals surface area contributed by atoms with Crippen molar-refractivity contribution in [3.8, 4) is 0 Å². The van der Waals surface area contributed by atoms with Gasteiger partial charge in [0.2, 0.25) is 0 Å². The molecule has 0 aliphatic carbocycles. The molecule has 0 radical (unpaired) electrons. The van der Waals surface area contributed by atoms with Gasteiger partial charge in [-0.15, -0.1) is 12.4 Å². The number of fused-ring (bicyclic) bond motifs is 1. The molecule has 0 spiro atoms. The smallest absolute Gasteiger partial charge is 0.352 e. The van der Waals surface area contributed by atoms with Crippen LogP contribution in [0.4, 0.5) is 10.5 Å². The number of nitrogens with two attached hydrogens (primary N) is 2. The lowest BCUT2D eigenvalue weighted by molar-refractivity contribution is 0.0690.